The number of hydrogen-bond acceptors (Lipinski definition) is 7. The van der Waals surface area contributed by atoms with Gasteiger partial charge in [-0.15, -0.1) is 0 Å². The van der Waals surface area contributed by atoms with Gasteiger partial charge < -0.3 is 4.18 Å². The second-order valence-electron chi connectivity index (χ2n) is 9.47. The van der Waals surface area contributed by atoms with E-state index in [0.717, 1.165) is 0 Å². The van der Waals surface area contributed by atoms with Crippen LogP contribution >= 0.6 is 0 Å². The van der Waals surface area contributed by atoms with Crippen molar-refractivity contribution in [2.24, 2.45) is 0 Å². The van der Waals surface area contributed by atoms with E-state index in [9.17, 15) is 34.8 Å². The molecule has 2 fully saturated rings. The molecule has 0 N–H and O–H groups in total. The van der Waals surface area contributed by atoms with Crippen molar-refractivity contribution in [3.05, 3.63) is 77.1 Å². The highest BCUT2D eigenvalue weighted by Gasteiger charge is 2.75. The molecule has 0 amide bonds. The maximum absolute atomic E-state index is 14.2. The molecule has 6 rings (SSSR count). The lowest BCUT2D eigenvalue weighted by Gasteiger charge is -2.46. The van der Waals surface area contributed by atoms with E-state index in [2.05, 4.69) is 4.18 Å². The van der Waals surface area contributed by atoms with E-state index >= 15 is 0 Å². The van der Waals surface area contributed by atoms with Crippen LogP contribution in [-0.2, 0) is 28.9 Å². The number of Topliss-reactive ketones (excluding diaryl/α,β-unsaturated/α-hetero) is 1. The predicted octanol–water partition coefficient (Wildman–Crippen LogP) is 3.96. The fraction of sp³-hybridized carbons (Fsp3) is 0.375. The molecule has 2 aromatic rings. The van der Waals surface area contributed by atoms with Crippen molar-refractivity contribution in [1.82, 2.24) is 4.90 Å². The Kier molecular flexibility index (Phi) is 4.88. The highest BCUT2D eigenvalue weighted by Crippen LogP contribution is 2.67. The fourth-order valence-electron chi connectivity index (χ4n) is 6.42. The monoisotopic (exact) mass is 539 g/mol. The summed E-state index contributed by atoms with van der Waals surface area (Å²) < 4.78 is 94.1. The fourth-order valence-corrected chi connectivity index (χ4v) is 9.17. The zero-order valence-electron chi connectivity index (χ0n) is 18.6. The molecule has 7 nitrogen and oxygen atoms in total. The minimum atomic E-state index is -5.96. The minimum Gasteiger partial charge on any atom is -0.381 e. The molecule has 4 bridgehead atoms. The molecule has 0 spiro atoms. The molecule has 0 aromatic heterocycles. The van der Waals surface area contributed by atoms with Gasteiger partial charge in [-0.3, -0.25) is 9.69 Å². The Balaban J connectivity index is 1.59. The molecule has 5 atom stereocenters. The third-order valence-electron chi connectivity index (χ3n) is 7.77. The normalized spacial score (nSPS) is 31.2. The first kappa shape index (κ1) is 23.7. The number of benzene rings is 2. The van der Waals surface area contributed by atoms with Gasteiger partial charge in [0.25, 0.3) is 0 Å². The lowest BCUT2D eigenvalue weighted by atomic mass is 9.74. The molecular formula is C24H20F3NO6S2. The highest BCUT2D eigenvalue weighted by molar-refractivity contribution is 7.93. The summed E-state index contributed by atoms with van der Waals surface area (Å²) in [4.78, 5) is 15.7. The van der Waals surface area contributed by atoms with Gasteiger partial charge in [0.1, 0.15) is 5.76 Å². The lowest BCUT2D eigenvalue weighted by Crippen LogP contribution is -2.55. The standard InChI is InChI=1S/C24H20F3NO6S2/c25-24(26,27)36(32,33)34-19-12-6-11-18-17(19)13-23(35(30,31)14-7-2-1-3-8-14)21-16-10-5-4-9-15(16)20(22(23)29)28(18)21/h1-5,7-10,18,20-21H,6,11-13H2/t18-,20?,21?,23?/m1/s1. The average Bonchev–Trinajstić information content (AvgIpc) is 3.27. The van der Waals surface area contributed by atoms with Crippen LogP contribution in [0.2, 0.25) is 0 Å². The van der Waals surface area contributed by atoms with Crippen molar-refractivity contribution in [3.63, 3.8) is 0 Å². The average molecular weight is 540 g/mol. The molecule has 0 radical (unpaired) electrons. The molecule has 12 heteroatoms. The molecule has 190 valence electrons. The zero-order valence-corrected chi connectivity index (χ0v) is 20.2. The number of hydrogen-bond donors (Lipinski definition) is 0. The van der Waals surface area contributed by atoms with Gasteiger partial charge in [-0.1, -0.05) is 42.5 Å². The number of carbonyl (C=O) groups excluding carboxylic acids is 1. The predicted molar refractivity (Wildman–Crippen MR) is 120 cm³/mol. The van der Waals surface area contributed by atoms with Gasteiger partial charge in [0.05, 0.1) is 17.0 Å². The Hall–Kier alpha value is -2.70. The summed E-state index contributed by atoms with van der Waals surface area (Å²) in [6.45, 7) is 0. The third-order valence-corrected chi connectivity index (χ3v) is 11.2. The van der Waals surface area contributed by atoms with E-state index in [-0.39, 0.29) is 16.9 Å². The van der Waals surface area contributed by atoms with Crippen LogP contribution in [0.1, 0.15) is 48.9 Å². The number of carbonyl (C=O) groups is 1. The first-order chi connectivity index (χ1) is 16.9. The van der Waals surface area contributed by atoms with E-state index in [4.69, 9.17) is 0 Å². The first-order valence-electron chi connectivity index (χ1n) is 11.3. The summed E-state index contributed by atoms with van der Waals surface area (Å²) in [6.07, 6.45) is 0.231. The Morgan fingerprint density at radius 2 is 1.58 bits per heavy atom. The summed E-state index contributed by atoms with van der Waals surface area (Å²) in [5.41, 5.74) is -4.14. The van der Waals surface area contributed by atoms with E-state index in [1.54, 1.807) is 35.2 Å². The van der Waals surface area contributed by atoms with Crippen molar-refractivity contribution in [2.75, 3.05) is 0 Å². The smallest absolute Gasteiger partial charge is 0.381 e. The lowest BCUT2D eigenvalue weighted by molar-refractivity contribution is -0.121. The van der Waals surface area contributed by atoms with Gasteiger partial charge in [0.15, 0.2) is 20.4 Å². The third kappa shape index (κ3) is 2.86. The quantitative estimate of drug-likeness (QED) is 0.429. The molecule has 1 aliphatic carbocycles. The molecule has 4 aliphatic rings. The van der Waals surface area contributed by atoms with Crippen molar-refractivity contribution >= 4 is 25.7 Å². The van der Waals surface area contributed by atoms with Gasteiger partial charge in [-0.25, -0.2) is 8.42 Å². The largest absolute Gasteiger partial charge is 0.534 e. The molecule has 3 heterocycles. The highest BCUT2D eigenvalue weighted by atomic mass is 32.2. The van der Waals surface area contributed by atoms with Crippen molar-refractivity contribution in [1.29, 1.82) is 0 Å². The summed E-state index contributed by atoms with van der Waals surface area (Å²) in [5.74, 6) is -0.964. The Morgan fingerprint density at radius 1 is 0.944 bits per heavy atom. The number of fused-ring (bicyclic) bond motifs is 3. The van der Waals surface area contributed by atoms with Gasteiger partial charge >= 0.3 is 15.6 Å². The Labute approximate surface area is 205 Å². The van der Waals surface area contributed by atoms with Crippen LogP contribution in [-0.4, -0.2) is 43.8 Å². The van der Waals surface area contributed by atoms with Crippen LogP contribution in [0.25, 0.3) is 0 Å². The SMILES string of the molecule is O=C1C2c3ccccc3C3N2[C@@H]2CCCC(OS(=O)(=O)C(F)(F)F)=C2CC13S(=O)(=O)c1ccccc1. The number of nitrogens with zero attached hydrogens (tertiary/aromatic N) is 1. The van der Waals surface area contributed by atoms with Crippen molar-refractivity contribution in [2.45, 2.75) is 59.0 Å². The molecule has 4 unspecified atom stereocenters. The molecule has 2 saturated heterocycles. The maximum Gasteiger partial charge on any atom is 0.534 e. The van der Waals surface area contributed by atoms with Crippen molar-refractivity contribution in [3.8, 4) is 0 Å². The summed E-state index contributed by atoms with van der Waals surface area (Å²) >= 11 is 0. The van der Waals surface area contributed by atoms with E-state index in [0.29, 0.717) is 24.0 Å². The number of alkyl halides is 3. The number of halogens is 3. The van der Waals surface area contributed by atoms with Gasteiger partial charge in [-0.2, -0.15) is 21.6 Å². The van der Waals surface area contributed by atoms with Crippen LogP contribution in [0, 0.1) is 0 Å². The van der Waals surface area contributed by atoms with Gasteiger partial charge in [-0.05, 0) is 41.7 Å². The summed E-state index contributed by atoms with van der Waals surface area (Å²) in [6, 6.07) is 12.1. The van der Waals surface area contributed by atoms with Crippen LogP contribution in [0.15, 0.2) is 70.8 Å². The number of piperidine rings is 1. The second-order valence-corrected chi connectivity index (χ2v) is 13.2. The summed E-state index contributed by atoms with van der Waals surface area (Å²) in [5, 5.41) is 0. The van der Waals surface area contributed by atoms with Gasteiger partial charge in [0, 0.05) is 18.9 Å². The summed E-state index contributed by atoms with van der Waals surface area (Å²) in [7, 11) is -10.3. The van der Waals surface area contributed by atoms with Crippen LogP contribution < -0.4 is 0 Å². The molecule has 2 aromatic carbocycles. The molecule has 0 saturated carbocycles. The molecule has 3 aliphatic heterocycles. The zero-order chi connectivity index (χ0) is 25.7. The minimum absolute atomic E-state index is 0.0800. The Bertz CT molecular complexity index is 1530. The number of rotatable bonds is 4. The van der Waals surface area contributed by atoms with Gasteiger partial charge in [0.2, 0.25) is 0 Å². The maximum atomic E-state index is 14.2. The van der Waals surface area contributed by atoms with Crippen LogP contribution in [0.3, 0.4) is 0 Å². The number of allylic oxidation sites excluding steroid dienone is 1. The van der Waals surface area contributed by atoms with E-state index in [1.165, 1.54) is 24.3 Å². The number of ketones is 1. The first-order valence-corrected chi connectivity index (χ1v) is 14.2. The van der Waals surface area contributed by atoms with Crippen molar-refractivity contribution < 1.29 is 39.0 Å². The number of sulfone groups is 1. The van der Waals surface area contributed by atoms with Crippen LogP contribution in [0.4, 0.5) is 13.2 Å². The molecular weight excluding hydrogens is 519 g/mol. The van der Waals surface area contributed by atoms with Crippen LogP contribution in [0.5, 0.6) is 0 Å². The van der Waals surface area contributed by atoms with E-state index in [1.807, 2.05) is 0 Å². The second kappa shape index (κ2) is 7.42. The molecule has 36 heavy (non-hydrogen) atoms. The van der Waals surface area contributed by atoms with E-state index < -0.39 is 66.3 Å². The Morgan fingerprint density at radius 3 is 2.25 bits per heavy atom. The topological polar surface area (TPSA) is 97.8 Å².